The lowest BCUT2D eigenvalue weighted by Crippen LogP contribution is -2.16. The number of nitrogens with one attached hydrogen (secondary N) is 1. The van der Waals surface area contributed by atoms with E-state index >= 15 is 0 Å². The average molecular weight is 233 g/mol. The lowest BCUT2D eigenvalue weighted by Gasteiger charge is -2.09. The fourth-order valence-electron chi connectivity index (χ4n) is 1.66. The SMILES string of the molecule is Cc1nc(C)n(-c2ccc(F)cc2C(=N)N)n1. The van der Waals surface area contributed by atoms with Crippen molar-refractivity contribution in [2.24, 2.45) is 5.73 Å². The Morgan fingerprint density at radius 1 is 1.41 bits per heavy atom. The van der Waals surface area contributed by atoms with Gasteiger partial charge in [-0.25, -0.2) is 14.1 Å². The van der Waals surface area contributed by atoms with Crippen LogP contribution in [0.4, 0.5) is 4.39 Å². The van der Waals surface area contributed by atoms with Gasteiger partial charge in [0.15, 0.2) is 0 Å². The van der Waals surface area contributed by atoms with Gasteiger partial charge >= 0.3 is 0 Å². The lowest BCUT2D eigenvalue weighted by atomic mass is 10.1. The van der Waals surface area contributed by atoms with Gasteiger partial charge in [0, 0.05) is 5.56 Å². The van der Waals surface area contributed by atoms with E-state index in [2.05, 4.69) is 10.1 Å². The van der Waals surface area contributed by atoms with Crippen molar-refractivity contribution in [3.05, 3.63) is 41.2 Å². The van der Waals surface area contributed by atoms with E-state index in [1.165, 1.54) is 18.2 Å². The number of aromatic nitrogens is 3. The first-order chi connectivity index (χ1) is 7.99. The van der Waals surface area contributed by atoms with Gasteiger partial charge < -0.3 is 5.73 Å². The molecule has 1 aromatic carbocycles. The number of nitrogens with two attached hydrogens (primary N) is 1. The topological polar surface area (TPSA) is 80.6 Å². The van der Waals surface area contributed by atoms with E-state index in [9.17, 15) is 4.39 Å². The van der Waals surface area contributed by atoms with Crippen molar-refractivity contribution in [1.82, 2.24) is 14.8 Å². The van der Waals surface area contributed by atoms with Crippen LogP contribution in [0.5, 0.6) is 0 Å². The van der Waals surface area contributed by atoms with Crippen LogP contribution >= 0.6 is 0 Å². The third-order valence-corrected chi connectivity index (χ3v) is 2.35. The zero-order chi connectivity index (χ0) is 12.6. The Morgan fingerprint density at radius 2 is 2.12 bits per heavy atom. The summed E-state index contributed by atoms with van der Waals surface area (Å²) in [6.45, 7) is 3.55. The molecule has 0 saturated heterocycles. The number of hydrogen-bond acceptors (Lipinski definition) is 3. The Balaban J connectivity index is 2.67. The molecule has 0 spiro atoms. The lowest BCUT2D eigenvalue weighted by molar-refractivity contribution is 0.626. The van der Waals surface area contributed by atoms with E-state index < -0.39 is 5.82 Å². The average Bonchev–Trinajstić information content (AvgIpc) is 2.57. The zero-order valence-electron chi connectivity index (χ0n) is 9.53. The number of hydrogen-bond donors (Lipinski definition) is 2. The summed E-state index contributed by atoms with van der Waals surface area (Å²) in [7, 11) is 0. The van der Waals surface area contributed by atoms with E-state index in [0.717, 1.165) is 0 Å². The van der Waals surface area contributed by atoms with Crippen LogP contribution < -0.4 is 5.73 Å². The Morgan fingerprint density at radius 3 is 2.65 bits per heavy atom. The van der Waals surface area contributed by atoms with Crippen LogP contribution in [0.2, 0.25) is 0 Å². The highest BCUT2D eigenvalue weighted by Gasteiger charge is 2.12. The van der Waals surface area contributed by atoms with E-state index in [1.807, 2.05) is 0 Å². The molecular weight excluding hydrogens is 221 g/mol. The van der Waals surface area contributed by atoms with E-state index in [4.69, 9.17) is 11.1 Å². The minimum Gasteiger partial charge on any atom is -0.384 e. The van der Waals surface area contributed by atoms with Crippen LogP contribution in [0.3, 0.4) is 0 Å². The number of amidine groups is 1. The minimum atomic E-state index is -0.437. The Kier molecular flexibility index (Phi) is 2.63. The van der Waals surface area contributed by atoms with E-state index in [0.29, 0.717) is 22.9 Å². The van der Waals surface area contributed by atoms with Crippen LogP contribution in [0.25, 0.3) is 5.69 Å². The fraction of sp³-hybridized carbons (Fsp3) is 0.182. The van der Waals surface area contributed by atoms with Crippen LogP contribution in [0, 0.1) is 25.1 Å². The number of nitrogen functional groups attached to an aromatic ring is 1. The molecule has 3 N–H and O–H groups in total. The van der Waals surface area contributed by atoms with Crippen LogP contribution in [-0.2, 0) is 0 Å². The second kappa shape index (κ2) is 3.97. The van der Waals surface area contributed by atoms with Crippen molar-refractivity contribution < 1.29 is 4.39 Å². The first-order valence-electron chi connectivity index (χ1n) is 5.03. The molecule has 0 fully saturated rings. The molecule has 0 atom stereocenters. The van der Waals surface area contributed by atoms with Gasteiger partial charge in [0.05, 0.1) is 5.69 Å². The number of nitrogens with zero attached hydrogens (tertiary/aromatic N) is 3. The minimum absolute atomic E-state index is 0.202. The molecule has 1 heterocycles. The van der Waals surface area contributed by atoms with Crippen molar-refractivity contribution in [3.8, 4) is 5.69 Å². The van der Waals surface area contributed by atoms with Crippen molar-refractivity contribution in [2.45, 2.75) is 13.8 Å². The van der Waals surface area contributed by atoms with Crippen LogP contribution in [0.1, 0.15) is 17.2 Å². The maximum absolute atomic E-state index is 13.1. The number of benzene rings is 1. The highest BCUT2D eigenvalue weighted by atomic mass is 19.1. The molecule has 0 aliphatic carbocycles. The summed E-state index contributed by atoms with van der Waals surface area (Å²) in [5.41, 5.74) is 6.29. The van der Waals surface area contributed by atoms with Gasteiger partial charge in [0.2, 0.25) is 0 Å². The van der Waals surface area contributed by atoms with E-state index in [1.54, 1.807) is 18.5 Å². The molecule has 0 radical (unpaired) electrons. The van der Waals surface area contributed by atoms with Crippen LogP contribution in [-0.4, -0.2) is 20.6 Å². The molecule has 6 heteroatoms. The van der Waals surface area contributed by atoms with Gasteiger partial charge in [-0.15, -0.1) is 0 Å². The zero-order valence-corrected chi connectivity index (χ0v) is 9.53. The Labute approximate surface area is 97.6 Å². The van der Waals surface area contributed by atoms with Gasteiger partial charge in [-0.2, -0.15) is 5.10 Å². The first kappa shape index (κ1) is 11.3. The monoisotopic (exact) mass is 233 g/mol. The standard InChI is InChI=1S/C11H12FN5/c1-6-15-7(2)17(16-6)10-4-3-8(12)5-9(10)11(13)14/h3-5H,1-2H3,(H3,13,14). The smallest absolute Gasteiger partial charge is 0.148 e. The molecule has 2 rings (SSSR count). The van der Waals surface area contributed by atoms with Crippen molar-refractivity contribution in [2.75, 3.05) is 0 Å². The molecule has 1 aromatic heterocycles. The molecule has 0 aliphatic rings. The van der Waals surface area contributed by atoms with Gasteiger partial charge in [-0.1, -0.05) is 0 Å². The number of rotatable bonds is 2. The summed E-state index contributed by atoms with van der Waals surface area (Å²) in [5, 5.41) is 11.6. The Bertz CT molecular complexity index is 588. The molecule has 0 saturated carbocycles. The summed E-state index contributed by atoms with van der Waals surface area (Å²) < 4.78 is 14.7. The van der Waals surface area contributed by atoms with Crippen LogP contribution in [0.15, 0.2) is 18.2 Å². The molecular formula is C11H12FN5. The summed E-state index contributed by atoms with van der Waals surface area (Å²) in [5.74, 6) is 0.637. The molecule has 17 heavy (non-hydrogen) atoms. The summed E-state index contributed by atoms with van der Waals surface area (Å²) in [6, 6.07) is 4.06. The Hall–Kier alpha value is -2.24. The third kappa shape index (κ3) is 2.01. The number of aryl methyl sites for hydroxylation is 2. The quantitative estimate of drug-likeness (QED) is 0.606. The van der Waals surface area contributed by atoms with Gasteiger partial charge in [0.25, 0.3) is 0 Å². The predicted octanol–water partition coefficient (Wildman–Crippen LogP) is 1.31. The van der Waals surface area contributed by atoms with Gasteiger partial charge in [-0.3, -0.25) is 5.41 Å². The fourth-order valence-corrected chi connectivity index (χ4v) is 1.66. The first-order valence-corrected chi connectivity index (χ1v) is 5.03. The molecule has 0 unspecified atom stereocenters. The molecule has 88 valence electrons. The maximum Gasteiger partial charge on any atom is 0.148 e. The molecule has 0 bridgehead atoms. The van der Waals surface area contributed by atoms with Crippen molar-refractivity contribution in [3.63, 3.8) is 0 Å². The predicted molar refractivity (Wildman–Crippen MR) is 61.8 cm³/mol. The summed E-state index contributed by atoms with van der Waals surface area (Å²) in [4.78, 5) is 4.16. The highest BCUT2D eigenvalue weighted by Crippen LogP contribution is 2.16. The maximum atomic E-state index is 13.1. The van der Waals surface area contributed by atoms with E-state index in [-0.39, 0.29) is 5.84 Å². The largest absolute Gasteiger partial charge is 0.384 e. The number of halogens is 1. The van der Waals surface area contributed by atoms with Gasteiger partial charge in [0.1, 0.15) is 23.3 Å². The molecule has 0 aliphatic heterocycles. The molecule has 5 nitrogen and oxygen atoms in total. The second-order valence-corrected chi connectivity index (χ2v) is 3.69. The normalized spacial score (nSPS) is 10.5. The van der Waals surface area contributed by atoms with Gasteiger partial charge in [-0.05, 0) is 32.0 Å². The summed E-state index contributed by atoms with van der Waals surface area (Å²) >= 11 is 0. The third-order valence-electron chi connectivity index (χ3n) is 2.35. The molecule has 2 aromatic rings. The second-order valence-electron chi connectivity index (χ2n) is 3.69. The van der Waals surface area contributed by atoms with Crippen molar-refractivity contribution >= 4 is 5.84 Å². The van der Waals surface area contributed by atoms with Crippen molar-refractivity contribution in [1.29, 1.82) is 5.41 Å². The highest BCUT2D eigenvalue weighted by molar-refractivity contribution is 5.98. The summed E-state index contributed by atoms with van der Waals surface area (Å²) in [6.07, 6.45) is 0. The molecule has 0 amide bonds.